The van der Waals surface area contributed by atoms with Crippen molar-refractivity contribution in [2.45, 2.75) is 44.2 Å². The van der Waals surface area contributed by atoms with Crippen molar-refractivity contribution in [3.8, 4) is 11.5 Å². The van der Waals surface area contributed by atoms with Gasteiger partial charge in [-0.2, -0.15) is 0 Å². The number of carbonyl (C=O) groups excluding carboxylic acids is 5. The standard InChI is InChI=1S/C26H29N5O7/c27-16(12-14-6-8-19(32)20(33)13-14)23(35)29-11-2-1-10-28-17-5-3-4-15-22(17)26(38)31(25(15)37)18-7-9-21(34)30-24(18)36/h3-6,8,13,16,18,28,32-33H,1-2,7,9-12,27H2,(H,29,35)(H,30,34,36). The van der Waals surface area contributed by atoms with Gasteiger partial charge in [-0.25, -0.2) is 0 Å². The number of piperidine rings is 1. The van der Waals surface area contributed by atoms with E-state index in [1.54, 1.807) is 18.2 Å². The molecule has 2 aromatic rings. The minimum Gasteiger partial charge on any atom is -0.504 e. The minimum absolute atomic E-state index is 0.0523. The van der Waals surface area contributed by atoms with Gasteiger partial charge in [0.15, 0.2) is 11.5 Å². The highest BCUT2D eigenvalue weighted by molar-refractivity contribution is 6.25. The summed E-state index contributed by atoms with van der Waals surface area (Å²) in [7, 11) is 0. The predicted molar refractivity (Wildman–Crippen MR) is 135 cm³/mol. The zero-order valence-electron chi connectivity index (χ0n) is 20.5. The number of nitrogens with zero attached hydrogens (tertiary/aromatic N) is 1. The molecule has 2 unspecified atom stereocenters. The van der Waals surface area contributed by atoms with E-state index >= 15 is 0 Å². The van der Waals surface area contributed by atoms with Gasteiger partial charge in [-0.1, -0.05) is 12.1 Å². The SMILES string of the molecule is NC(Cc1ccc(O)c(O)c1)C(=O)NCCCCNc1cccc2c1C(=O)N(C1CCC(=O)NC1=O)C2=O. The Bertz CT molecular complexity index is 1290. The first-order valence-electron chi connectivity index (χ1n) is 12.3. The van der Waals surface area contributed by atoms with Crippen LogP contribution < -0.4 is 21.7 Å². The van der Waals surface area contributed by atoms with Crippen LogP contribution in [-0.4, -0.2) is 69.8 Å². The summed E-state index contributed by atoms with van der Waals surface area (Å²) in [5.74, 6) is -3.10. The third-order valence-corrected chi connectivity index (χ3v) is 6.52. The number of unbranched alkanes of at least 4 members (excludes halogenated alkanes) is 1. The van der Waals surface area contributed by atoms with E-state index in [-0.39, 0.29) is 47.8 Å². The Morgan fingerprint density at radius 2 is 1.82 bits per heavy atom. The lowest BCUT2D eigenvalue weighted by atomic mass is 10.0. The summed E-state index contributed by atoms with van der Waals surface area (Å²) >= 11 is 0. The third kappa shape index (κ3) is 5.59. The molecule has 2 aliphatic heterocycles. The fraction of sp³-hybridized carbons (Fsp3) is 0.346. The van der Waals surface area contributed by atoms with Crippen LogP contribution in [0.4, 0.5) is 5.69 Å². The van der Waals surface area contributed by atoms with Crippen molar-refractivity contribution in [1.82, 2.24) is 15.5 Å². The average molecular weight is 524 g/mol. The van der Waals surface area contributed by atoms with Crippen LogP contribution in [0, 0.1) is 0 Å². The Labute approximate surface area is 218 Å². The molecule has 2 atom stereocenters. The van der Waals surface area contributed by atoms with Gasteiger partial charge in [0, 0.05) is 25.2 Å². The summed E-state index contributed by atoms with van der Waals surface area (Å²) in [6, 6.07) is 7.29. The molecule has 0 spiro atoms. The number of anilines is 1. The number of carbonyl (C=O) groups is 5. The van der Waals surface area contributed by atoms with Gasteiger partial charge in [-0.05, 0) is 55.5 Å². The zero-order valence-corrected chi connectivity index (χ0v) is 20.5. The number of rotatable bonds is 10. The smallest absolute Gasteiger partial charge is 0.264 e. The number of hydrogen-bond donors (Lipinski definition) is 6. The highest BCUT2D eigenvalue weighted by Crippen LogP contribution is 2.32. The van der Waals surface area contributed by atoms with Crippen molar-refractivity contribution in [3.05, 3.63) is 53.1 Å². The molecule has 200 valence electrons. The van der Waals surface area contributed by atoms with Crippen molar-refractivity contribution < 1.29 is 34.2 Å². The minimum atomic E-state index is -1.03. The van der Waals surface area contributed by atoms with E-state index in [4.69, 9.17) is 5.73 Å². The number of aromatic hydroxyl groups is 2. The topological polar surface area (TPSA) is 191 Å². The molecule has 2 heterocycles. The number of fused-ring (bicyclic) bond motifs is 1. The van der Waals surface area contributed by atoms with E-state index in [1.807, 2.05) is 0 Å². The molecule has 0 bridgehead atoms. The summed E-state index contributed by atoms with van der Waals surface area (Å²) in [4.78, 5) is 62.9. The first-order valence-corrected chi connectivity index (χ1v) is 12.3. The van der Waals surface area contributed by atoms with Gasteiger partial charge >= 0.3 is 0 Å². The second-order valence-electron chi connectivity index (χ2n) is 9.23. The van der Waals surface area contributed by atoms with Gasteiger partial charge in [-0.3, -0.25) is 34.2 Å². The van der Waals surface area contributed by atoms with Crippen LogP contribution in [0.15, 0.2) is 36.4 Å². The first kappa shape index (κ1) is 26.6. The number of phenols is 2. The molecule has 38 heavy (non-hydrogen) atoms. The number of nitrogens with two attached hydrogens (primary N) is 1. The largest absolute Gasteiger partial charge is 0.504 e. The van der Waals surface area contributed by atoms with Crippen LogP contribution in [-0.2, 0) is 20.8 Å². The first-order chi connectivity index (χ1) is 18.2. The third-order valence-electron chi connectivity index (χ3n) is 6.52. The molecule has 0 saturated carbocycles. The van der Waals surface area contributed by atoms with Crippen LogP contribution in [0.5, 0.6) is 11.5 Å². The summed E-state index contributed by atoms with van der Waals surface area (Å²) in [5.41, 5.74) is 7.42. The van der Waals surface area contributed by atoms with Crippen molar-refractivity contribution in [1.29, 1.82) is 0 Å². The zero-order chi connectivity index (χ0) is 27.4. The molecule has 2 aliphatic rings. The van der Waals surface area contributed by atoms with Gasteiger partial charge in [0.25, 0.3) is 11.8 Å². The normalized spacial score (nSPS) is 17.7. The van der Waals surface area contributed by atoms with Crippen molar-refractivity contribution >= 4 is 35.2 Å². The Balaban J connectivity index is 1.24. The van der Waals surface area contributed by atoms with E-state index < -0.39 is 35.7 Å². The van der Waals surface area contributed by atoms with Crippen LogP contribution in [0.2, 0.25) is 0 Å². The van der Waals surface area contributed by atoms with Crippen LogP contribution >= 0.6 is 0 Å². The van der Waals surface area contributed by atoms with E-state index in [0.717, 1.165) is 4.90 Å². The number of hydrogen-bond acceptors (Lipinski definition) is 9. The van der Waals surface area contributed by atoms with E-state index in [0.29, 0.717) is 37.2 Å². The maximum Gasteiger partial charge on any atom is 0.264 e. The molecule has 12 heteroatoms. The number of benzene rings is 2. The summed E-state index contributed by atoms with van der Waals surface area (Å²) in [6.07, 6.45) is 1.60. The average Bonchev–Trinajstić information content (AvgIpc) is 3.13. The predicted octanol–water partition coefficient (Wildman–Crippen LogP) is 0.377. The molecule has 12 nitrogen and oxygen atoms in total. The molecule has 0 aliphatic carbocycles. The van der Waals surface area contributed by atoms with Crippen molar-refractivity contribution in [2.75, 3.05) is 18.4 Å². The Kier molecular flexibility index (Phi) is 7.91. The molecule has 0 radical (unpaired) electrons. The highest BCUT2D eigenvalue weighted by Gasteiger charge is 2.45. The van der Waals surface area contributed by atoms with Gasteiger partial charge in [-0.15, -0.1) is 0 Å². The molecule has 4 rings (SSSR count). The van der Waals surface area contributed by atoms with Gasteiger partial charge in [0.1, 0.15) is 6.04 Å². The Morgan fingerprint density at radius 3 is 2.55 bits per heavy atom. The lowest BCUT2D eigenvalue weighted by Crippen LogP contribution is -2.54. The van der Waals surface area contributed by atoms with E-state index in [1.165, 1.54) is 18.2 Å². The molecule has 7 N–H and O–H groups in total. The quantitative estimate of drug-likeness (QED) is 0.145. The lowest BCUT2D eigenvalue weighted by molar-refractivity contribution is -0.136. The van der Waals surface area contributed by atoms with Crippen LogP contribution in [0.3, 0.4) is 0 Å². The number of amides is 5. The molecule has 1 fully saturated rings. The van der Waals surface area contributed by atoms with E-state index in [9.17, 15) is 34.2 Å². The molecular formula is C26H29N5O7. The highest BCUT2D eigenvalue weighted by atomic mass is 16.3. The molecular weight excluding hydrogens is 494 g/mol. The van der Waals surface area contributed by atoms with Crippen LogP contribution in [0.25, 0.3) is 0 Å². The Morgan fingerprint density at radius 1 is 1.05 bits per heavy atom. The van der Waals surface area contributed by atoms with Crippen LogP contribution in [0.1, 0.15) is 52.0 Å². The summed E-state index contributed by atoms with van der Waals surface area (Å²) < 4.78 is 0. The van der Waals surface area contributed by atoms with Crippen molar-refractivity contribution in [3.63, 3.8) is 0 Å². The maximum absolute atomic E-state index is 13.1. The molecule has 0 aromatic heterocycles. The molecule has 1 saturated heterocycles. The van der Waals surface area contributed by atoms with Gasteiger partial charge in [0.05, 0.1) is 17.2 Å². The van der Waals surface area contributed by atoms with Gasteiger partial charge in [0.2, 0.25) is 17.7 Å². The lowest BCUT2D eigenvalue weighted by Gasteiger charge is -2.27. The fourth-order valence-electron chi connectivity index (χ4n) is 4.52. The van der Waals surface area contributed by atoms with Gasteiger partial charge < -0.3 is 26.6 Å². The maximum atomic E-state index is 13.1. The summed E-state index contributed by atoms with van der Waals surface area (Å²) in [6.45, 7) is 0.841. The number of imide groups is 2. The van der Waals surface area contributed by atoms with E-state index in [2.05, 4.69) is 16.0 Å². The molecule has 2 aromatic carbocycles. The Hall–Kier alpha value is -4.45. The van der Waals surface area contributed by atoms with Crippen molar-refractivity contribution in [2.24, 2.45) is 5.73 Å². The fourth-order valence-corrected chi connectivity index (χ4v) is 4.52. The summed E-state index contributed by atoms with van der Waals surface area (Å²) in [5, 5.41) is 27.0. The second kappa shape index (κ2) is 11.3. The monoisotopic (exact) mass is 523 g/mol. The number of phenolic OH excluding ortho intramolecular Hbond substituents is 2. The second-order valence-corrected chi connectivity index (χ2v) is 9.23. The molecule has 5 amide bonds. The number of nitrogens with one attached hydrogen (secondary N) is 3.